The first-order valence-corrected chi connectivity index (χ1v) is 8.64. The van der Waals surface area contributed by atoms with Crippen LogP contribution in [0.3, 0.4) is 0 Å². The van der Waals surface area contributed by atoms with Crippen molar-refractivity contribution in [1.29, 1.82) is 0 Å². The first-order chi connectivity index (χ1) is 11.9. The third-order valence-corrected chi connectivity index (χ3v) is 5.06. The lowest BCUT2D eigenvalue weighted by molar-refractivity contribution is -0.139. The van der Waals surface area contributed by atoms with Crippen molar-refractivity contribution in [3.63, 3.8) is 0 Å². The number of carbonyl (C=O) groups excluding carboxylic acids is 3. The highest BCUT2D eigenvalue weighted by atomic mass is 16.3. The van der Waals surface area contributed by atoms with Crippen LogP contribution >= 0.6 is 0 Å². The van der Waals surface area contributed by atoms with Gasteiger partial charge in [0.15, 0.2) is 0 Å². The summed E-state index contributed by atoms with van der Waals surface area (Å²) in [6.07, 6.45) is 4.55. The third kappa shape index (κ3) is 3.53. The Balaban J connectivity index is 1.54. The van der Waals surface area contributed by atoms with Gasteiger partial charge >= 0.3 is 6.03 Å². The number of hydrogen-bond donors (Lipinski definition) is 3. The number of nitrogens with zero attached hydrogens (tertiary/aromatic N) is 1. The molecule has 2 aliphatic rings. The average Bonchev–Trinajstić information content (AvgIpc) is 3.20. The Morgan fingerprint density at radius 2 is 2.16 bits per heavy atom. The zero-order valence-corrected chi connectivity index (χ0v) is 14.5. The van der Waals surface area contributed by atoms with E-state index in [9.17, 15) is 14.4 Å². The van der Waals surface area contributed by atoms with Crippen LogP contribution in [0.2, 0.25) is 0 Å². The second-order valence-corrected chi connectivity index (χ2v) is 6.99. The van der Waals surface area contributed by atoms with Crippen LogP contribution in [-0.4, -0.2) is 34.9 Å². The van der Waals surface area contributed by atoms with Crippen molar-refractivity contribution in [3.8, 4) is 0 Å². The monoisotopic (exact) mass is 348 g/mol. The maximum atomic E-state index is 12.7. The zero-order valence-electron chi connectivity index (χ0n) is 14.5. The van der Waals surface area contributed by atoms with Gasteiger partial charge in [0.2, 0.25) is 0 Å². The lowest BCUT2D eigenvalue weighted by atomic mass is 9.77. The quantitative estimate of drug-likeness (QED) is 0.699. The standard InChI is InChI=1S/C17H24N4O4/c1-11-5-7-17(8-6-11)15(23)21(16(24)19-17)20-14(22)10-18-12(2)13-4-3-9-25-13/h3-4,9,11-12,18H,5-8,10H2,1-2H3,(H,19,24)(H,20,22)/t11?,12-,17?/m0/s1. The number of nitrogens with one attached hydrogen (secondary N) is 3. The summed E-state index contributed by atoms with van der Waals surface area (Å²) in [6, 6.07) is 2.86. The van der Waals surface area contributed by atoms with Crippen LogP contribution < -0.4 is 16.1 Å². The molecule has 0 bridgehead atoms. The third-order valence-electron chi connectivity index (χ3n) is 5.06. The van der Waals surface area contributed by atoms with Gasteiger partial charge in [-0.15, -0.1) is 0 Å². The molecule has 1 saturated carbocycles. The van der Waals surface area contributed by atoms with E-state index in [0.717, 1.165) is 17.9 Å². The molecule has 25 heavy (non-hydrogen) atoms. The first-order valence-electron chi connectivity index (χ1n) is 8.64. The van der Waals surface area contributed by atoms with Crippen molar-refractivity contribution in [1.82, 2.24) is 21.1 Å². The van der Waals surface area contributed by atoms with Crippen molar-refractivity contribution in [2.75, 3.05) is 6.54 Å². The molecule has 1 spiro atoms. The van der Waals surface area contributed by atoms with E-state index in [4.69, 9.17) is 4.42 Å². The molecular weight excluding hydrogens is 324 g/mol. The molecule has 0 radical (unpaired) electrons. The molecular formula is C17H24N4O4. The van der Waals surface area contributed by atoms with Crippen LogP contribution in [0.25, 0.3) is 0 Å². The average molecular weight is 348 g/mol. The summed E-state index contributed by atoms with van der Waals surface area (Å²) in [7, 11) is 0. The van der Waals surface area contributed by atoms with Crippen LogP contribution in [0, 0.1) is 5.92 Å². The summed E-state index contributed by atoms with van der Waals surface area (Å²) in [5.74, 6) is 0.435. The van der Waals surface area contributed by atoms with Gasteiger partial charge in [0.05, 0.1) is 18.8 Å². The fraction of sp³-hybridized carbons (Fsp3) is 0.588. The molecule has 4 amide bonds. The van der Waals surface area contributed by atoms with Gasteiger partial charge in [-0.1, -0.05) is 6.92 Å². The SMILES string of the molecule is CC1CCC2(CC1)NC(=O)N(NC(=O)CN[C@@H](C)c1ccco1)C2=O. The highest BCUT2D eigenvalue weighted by molar-refractivity contribution is 6.08. The van der Waals surface area contributed by atoms with Gasteiger partial charge in [0.1, 0.15) is 11.3 Å². The van der Waals surface area contributed by atoms with E-state index in [2.05, 4.69) is 23.0 Å². The molecule has 1 aliphatic heterocycles. The summed E-state index contributed by atoms with van der Waals surface area (Å²) in [6.45, 7) is 3.96. The molecule has 136 valence electrons. The molecule has 2 heterocycles. The predicted molar refractivity (Wildman–Crippen MR) is 89.0 cm³/mol. The number of hydrazine groups is 1. The van der Waals surface area contributed by atoms with Gasteiger partial charge in [-0.25, -0.2) is 4.79 Å². The lowest BCUT2D eigenvalue weighted by Gasteiger charge is -2.33. The fourth-order valence-electron chi connectivity index (χ4n) is 3.36. The topological polar surface area (TPSA) is 104 Å². The summed E-state index contributed by atoms with van der Waals surface area (Å²) in [5, 5.41) is 6.58. The van der Waals surface area contributed by atoms with E-state index in [1.165, 1.54) is 0 Å². The molecule has 1 saturated heterocycles. The minimum absolute atomic E-state index is 0.0387. The molecule has 1 aromatic heterocycles. The summed E-state index contributed by atoms with van der Waals surface area (Å²) < 4.78 is 5.26. The minimum Gasteiger partial charge on any atom is -0.468 e. The first kappa shape index (κ1) is 17.5. The van der Waals surface area contributed by atoms with Gasteiger partial charge in [0, 0.05) is 0 Å². The van der Waals surface area contributed by atoms with Crippen LogP contribution in [0.15, 0.2) is 22.8 Å². The van der Waals surface area contributed by atoms with E-state index >= 15 is 0 Å². The molecule has 8 nitrogen and oxygen atoms in total. The predicted octanol–water partition coefficient (Wildman–Crippen LogP) is 1.46. The lowest BCUT2D eigenvalue weighted by Crippen LogP contribution is -2.52. The number of amides is 4. The number of furan rings is 1. The van der Waals surface area contributed by atoms with Crippen molar-refractivity contribution in [3.05, 3.63) is 24.2 Å². The largest absolute Gasteiger partial charge is 0.468 e. The molecule has 3 rings (SSSR count). The van der Waals surface area contributed by atoms with Gasteiger partial charge in [-0.2, -0.15) is 5.01 Å². The van der Waals surface area contributed by atoms with Crippen molar-refractivity contribution in [2.24, 2.45) is 5.92 Å². The summed E-state index contributed by atoms with van der Waals surface area (Å²) >= 11 is 0. The van der Waals surface area contributed by atoms with Crippen molar-refractivity contribution < 1.29 is 18.8 Å². The van der Waals surface area contributed by atoms with Gasteiger partial charge < -0.3 is 9.73 Å². The highest BCUT2D eigenvalue weighted by Crippen LogP contribution is 2.35. The Hall–Kier alpha value is -2.35. The maximum Gasteiger partial charge on any atom is 0.344 e. The second-order valence-electron chi connectivity index (χ2n) is 6.99. The number of imide groups is 1. The number of hydrogen-bond acceptors (Lipinski definition) is 5. The Labute approximate surface area is 146 Å². The number of rotatable bonds is 5. The van der Waals surface area contributed by atoms with E-state index in [1.807, 2.05) is 6.92 Å². The Kier molecular flexibility index (Phi) is 4.80. The van der Waals surface area contributed by atoms with Crippen LogP contribution in [-0.2, 0) is 9.59 Å². The molecule has 3 N–H and O–H groups in total. The second kappa shape index (κ2) is 6.87. The Bertz CT molecular complexity index is 650. The molecule has 2 fully saturated rings. The Morgan fingerprint density at radius 3 is 2.80 bits per heavy atom. The minimum atomic E-state index is -0.855. The van der Waals surface area contributed by atoms with Gasteiger partial charge in [0.25, 0.3) is 11.8 Å². The fourth-order valence-corrected chi connectivity index (χ4v) is 3.36. The Morgan fingerprint density at radius 1 is 1.44 bits per heavy atom. The number of carbonyl (C=O) groups is 3. The normalized spacial score (nSPS) is 27.4. The van der Waals surface area contributed by atoms with Gasteiger partial charge in [-0.05, 0) is 50.7 Å². The smallest absolute Gasteiger partial charge is 0.344 e. The number of urea groups is 1. The van der Waals surface area contributed by atoms with Crippen LogP contribution in [0.5, 0.6) is 0 Å². The van der Waals surface area contributed by atoms with Gasteiger partial charge in [-0.3, -0.25) is 20.3 Å². The van der Waals surface area contributed by atoms with Crippen molar-refractivity contribution >= 4 is 17.8 Å². The van der Waals surface area contributed by atoms with Crippen LogP contribution in [0.1, 0.15) is 51.3 Å². The molecule has 0 aromatic carbocycles. The zero-order chi connectivity index (χ0) is 18.0. The van der Waals surface area contributed by atoms with Crippen LogP contribution in [0.4, 0.5) is 4.79 Å². The summed E-state index contributed by atoms with van der Waals surface area (Å²) in [4.78, 5) is 36.9. The highest BCUT2D eigenvalue weighted by Gasteiger charge is 2.52. The van der Waals surface area contributed by atoms with Crippen molar-refractivity contribution in [2.45, 2.75) is 51.1 Å². The maximum absolute atomic E-state index is 12.7. The molecule has 1 aliphatic carbocycles. The summed E-state index contributed by atoms with van der Waals surface area (Å²) in [5.41, 5.74) is 1.55. The molecule has 0 unspecified atom stereocenters. The molecule has 1 aromatic rings. The van der Waals surface area contributed by atoms with E-state index in [-0.39, 0.29) is 18.5 Å². The van der Waals surface area contributed by atoms with E-state index in [1.54, 1.807) is 18.4 Å². The van der Waals surface area contributed by atoms with E-state index < -0.39 is 17.5 Å². The molecule has 8 heteroatoms. The molecule has 1 atom stereocenters. The van der Waals surface area contributed by atoms with E-state index in [0.29, 0.717) is 24.5 Å².